The van der Waals surface area contributed by atoms with Gasteiger partial charge < -0.3 is 0 Å². The van der Waals surface area contributed by atoms with Gasteiger partial charge in [0.15, 0.2) is 0 Å². The molecule has 0 unspecified atom stereocenters. The van der Waals surface area contributed by atoms with Crippen molar-refractivity contribution in [2.75, 3.05) is 13.1 Å². The first-order valence-corrected chi connectivity index (χ1v) is 4.72. The number of hydrogen-bond acceptors (Lipinski definition) is 2. The van der Waals surface area contributed by atoms with Gasteiger partial charge in [-0.2, -0.15) is 0 Å². The Balaban J connectivity index is 1.94. The number of pyridine rings is 1. The second-order valence-corrected chi connectivity index (χ2v) is 3.32. The monoisotopic (exact) mass is 174 g/mol. The number of nitrogens with zero attached hydrogens (tertiary/aromatic N) is 2. The Morgan fingerprint density at radius 2 is 2.31 bits per heavy atom. The zero-order valence-corrected chi connectivity index (χ0v) is 7.69. The molecule has 0 fully saturated rings. The first-order valence-electron chi connectivity index (χ1n) is 4.72. The minimum absolute atomic E-state index is 0.977. The van der Waals surface area contributed by atoms with Gasteiger partial charge in [0.05, 0.1) is 5.69 Å². The molecule has 2 heteroatoms. The Morgan fingerprint density at radius 1 is 1.31 bits per heavy atom. The van der Waals surface area contributed by atoms with E-state index in [1.165, 1.54) is 6.42 Å². The molecule has 2 rings (SSSR count). The van der Waals surface area contributed by atoms with Crippen LogP contribution in [0.15, 0.2) is 36.5 Å². The first-order chi connectivity index (χ1) is 6.45. The molecule has 0 N–H and O–H groups in total. The van der Waals surface area contributed by atoms with Gasteiger partial charge >= 0.3 is 0 Å². The average Bonchev–Trinajstić information content (AvgIpc) is 2.21. The van der Waals surface area contributed by atoms with Crippen molar-refractivity contribution in [3.8, 4) is 0 Å². The highest BCUT2D eigenvalue weighted by atomic mass is 15.1. The van der Waals surface area contributed by atoms with Gasteiger partial charge in [-0.15, -0.1) is 0 Å². The van der Waals surface area contributed by atoms with Crippen molar-refractivity contribution < 1.29 is 0 Å². The van der Waals surface area contributed by atoms with Crippen LogP contribution in [0.5, 0.6) is 0 Å². The van der Waals surface area contributed by atoms with Crippen molar-refractivity contribution in [3.63, 3.8) is 0 Å². The van der Waals surface area contributed by atoms with E-state index >= 15 is 0 Å². The molecule has 0 radical (unpaired) electrons. The zero-order chi connectivity index (χ0) is 8.93. The van der Waals surface area contributed by atoms with Crippen molar-refractivity contribution in [2.24, 2.45) is 0 Å². The van der Waals surface area contributed by atoms with Gasteiger partial charge in [0, 0.05) is 25.8 Å². The average molecular weight is 174 g/mol. The van der Waals surface area contributed by atoms with E-state index in [1.54, 1.807) is 0 Å². The van der Waals surface area contributed by atoms with Gasteiger partial charge in [-0.1, -0.05) is 18.2 Å². The third kappa shape index (κ3) is 2.39. The normalized spacial score (nSPS) is 17.5. The zero-order valence-electron chi connectivity index (χ0n) is 7.69. The van der Waals surface area contributed by atoms with E-state index in [2.05, 4.69) is 28.1 Å². The Labute approximate surface area is 78.9 Å². The number of aromatic nitrogens is 1. The molecule has 68 valence electrons. The molecule has 0 saturated heterocycles. The molecule has 13 heavy (non-hydrogen) atoms. The van der Waals surface area contributed by atoms with E-state index in [-0.39, 0.29) is 0 Å². The van der Waals surface area contributed by atoms with Gasteiger partial charge in [-0.3, -0.25) is 9.88 Å². The van der Waals surface area contributed by atoms with Crippen molar-refractivity contribution in [2.45, 2.75) is 13.0 Å². The van der Waals surface area contributed by atoms with Gasteiger partial charge in [0.2, 0.25) is 0 Å². The third-order valence-corrected chi connectivity index (χ3v) is 2.25. The minimum atomic E-state index is 0.977. The molecule has 0 atom stereocenters. The predicted octanol–water partition coefficient (Wildman–Crippen LogP) is 1.84. The lowest BCUT2D eigenvalue weighted by Gasteiger charge is -2.22. The largest absolute Gasteiger partial charge is 0.294 e. The molecule has 1 aliphatic heterocycles. The summed E-state index contributed by atoms with van der Waals surface area (Å²) in [6.07, 6.45) is 7.50. The highest BCUT2D eigenvalue weighted by Gasteiger charge is 2.06. The molecule has 0 aromatic carbocycles. The fourth-order valence-corrected chi connectivity index (χ4v) is 1.55. The van der Waals surface area contributed by atoms with E-state index in [4.69, 9.17) is 0 Å². The molecule has 2 nitrogen and oxygen atoms in total. The summed E-state index contributed by atoms with van der Waals surface area (Å²) < 4.78 is 0. The summed E-state index contributed by atoms with van der Waals surface area (Å²) in [4.78, 5) is 6.71. The maximum Gasteiger partial charge on any atom is 0.0544 e. The van der Waals surface area contributed by atoms with Crippen molar-refractivity contribution >= 4 is 0 Å². The molecule has 0 spiro atoms. The summed E-state index contributed by atoms with van der Waals surface area (Å²) in [5, 5.41) is 0. The van der Waals surface area contributed by atoms with Gasteiger partial charge in [-0.05, 0) is 18.6 Å². The topological polar surface area (TPSA) is 16.1 Å². The maximum absolute atomic E-state index is 4.31. The fourth-order valence-electron chi connectivity index (χ4n) is 1.55. The maximum atomic E-state index is 4.31. The van der Waals surface area contributed by atoms with Crippen LogP contribution in [0.25, 0.3) is 0 Å². The minimum Gasteiger partial charge on any atom is -0.294 e. The standard InChI is InChI=1S/C11H14N2/c1-4-8-13(9-5-1)10-11-6-2-3-7-12-11/h1-4,6-7H,5,8-10H2. The smallest absolute Gasteiger partial charge is 0.0544 e. The van der Waals surface area contributed by atoms with E-state index in [0.29, 0.717) is 0 Å². The Morgan fingerprint density at radius 3 is 3.00 bits per heavy atom. The van der Waals surface area contributed by atoms with Crippen LogP contribution in [0, 0.1) is 0 Å². The van der Waals surface area contributed by atoms with Gasteiger partial charge in [0.25, 0.3) is 0 Å². The first kappa shape index (κ1) is 8.45. The Hall–Kier alpha value is -1.15. The van der Waals surface area contributed by atoms with E-state index in [0.717, 1.165) is 25.3 Å². The van der Waals surface area contributed by atoms with E-state index < -0.39 is 0 Å². The Bertz CT molecular complexity index is 279. The van der Waals surface area contributed by atoms with Crippen LogP contribution < -0.4 is 0 Å². The molecule has 0 aliphatic carbocycles. The molecule has 0 amide bonds. The van der Waals surface area contributed by atoms with Crippen LogP contribution in [0.3, 0.4) is 0 Å². The van der Waals surface area contributed by atoms with E-state index in [9.17, 15) is 0 Å². The quantitative estimate of drug-likeness (QED) is 0.636. The lowest BCUT2D eigenvalue weighted by molar-refractivity contribution is 0.287. The summed E-state index contributed by atoms with van der Waals surface area (Å²) in [7, 11) is 0. The van der Waals surface area contributed by atoms with Crippen LogP contribution in [0.4, 0.5) is 0 Å². The van der Waals surface area contributed by atoms with Crippen LogP contribution >= 0.6 is 0 Å². The second-order valence-electron chi connectivity index (χ2n) is 3.32. The SMILES string of the molecule is C1=CCN(Cc2ccccn2)CC1. The van der Waals surface area contributed by atoms with Gasteiger partial charge in [0.1, 0.15) is 0 Å². The lowest BCUT2D eigenvalue weighted by atomic mass is 10.2. The summed E-state index contributed by atoms with van der Waals surface area (Å²) >= 11 is 0. The van der Waals surface area contributed by atoms with Crippen LogP contribution in [-0.4, -0.2) is 23.0 Å². The van der Waals surface area contributed by atoms with Crippen molar-refractivity contribution in [3.05, 3.63) is 42.2 Å². The number of rotatable bonds is 2. The van der Waals surface area contributed by atoms with Crippen LogP contribution in [-0.2, 0) is 6.54 Å². The summed E-state index contributed by atoms with van der Waals surface area (Å²) in [6, 6.07) is 6.08. The highest BCUT2D eigenvalue weighted by molar-refractivity contribution is 5.04. The molecule has 2 heterocycles. The Kier molecular flexibility index (Phi) is 2.72. The molecule has 0 bridgehead atoms. The van der Waals surface area contributed by atoms with Gasteiger partial charge in [-0.25, -0.2) is 0 Å². The molecular formula is C11H14N2. The van der Waals surface area contributed by atoms with Crippen molar-refractivity contribution in [1.82, 2.24) is 9.88 Å². The molecule has 1 aromatic heterocycles. The highest BCUT2D eigenvalue weighted by Crippen LogP contribution is 2.05. The number of hydrogen-bond donors (Lipinski definition) is 0. The molecule has 0 saturated carbocycles. The molecular weight excluding hydrogens is 160 g/mol. The third-order valence-electron chi connectivity index (χ3n) is 2.25. The summed E-state index contributed by atoms with van der Waals surface area (Å²) in [5.41, 5.74) is 1.16. The van der Waals surface area contributed by atoms with Crippen LogP contribution in [0.1, 0.15) is 12.1 Å². The summed E-state index contributed by atoms with van der Waals surface area (Å²) in [6.45, 7) is 3.20. The summed E-state index contributed by atoms with van der Waals surface area (Å²) in [5.74, 6) is 0. The predicted molar refractivity (Wildman–Crippen MR) is 53.3 cm³/mol. The molecule has 1 aliphatic rings. The van der Waals surface area contributed by atoms with Crippen molar-refractivity contribution in [1.29, 1.82) is 0 Å². The molecule has 1 aromatic rings. The second kappa shape index (κ2) is 4.19. The lowest BCUT2D eigenvalue weighted by Crippen LogP contribution is -2.26. The van der Waals surface area contributed by atoms with Crippen LogP contribution in [0.2, 0.25) is 0 Å². The fraction of sp³-hybridized carbons (Fsp3) is 0.364. The van der Waals surface area contributed by atoms with E-state index in [1.807, 2.05) is 18.3 Å².